The zero-order valence-electron chi connectivity index (χ0n) is 8.18. The minimum atomic E-state index is -0.193. The van der Waals surface area contributed by atoms with Crippen molar-refractivity contribution in [3.8, 4) is 0 Å². The van der Waals surface area contributed by atoms with Crippen LogP contribution in [0, 0.1) is 11.8 Å². The minimum absolute atomic E-state index is 0.162. The van der Waals surface area contributed by atoms with Crippen molar-refractivity contribution >= 4 is 11.6 Å². The fourth-order valence-corrected chi connectivity index (χ4v) is 2.39. The van der Waals surface area contributed by atoms with E-state index in [2.05, 4.69) is 13.8 Å². The molecular formula is C10H19ClO. The van der Waals surface area contributed by atoms with E-state index in [1.54, 1.807) is 0 Å². The van der Waals surface area contributed by atoms with E-state index in [0.29, 0.717) is 11.8 Å². The fraction of sp³-hybridized carbons (Fsp3) is 1.00. The van der Waals surface area contributed by atoms with Crippen LogP contribution in [0.4, 0.5) is 0 Å². The number of alkyl halides is 1. The molecule has 1 N–H and O–H groups in total. The van der Waals surface area contributed by atoms with Crippen molar-refractivity contribution in [1.29, 1.82) is 0 Å². The summed E-state index contributed by atoms with van der Waals surface area (Å²) >= 11 is 6.18. The first kappa shape index (κ1) is 10.3. The Balaban J connectivity index is 2.54. The van der Waals surface area contributed by atoms with Crippen LogP contribution in [0.1, 0.15) is 40.0 Å². The molecule has 1 aliphatic carbocycles. The zero-order valence-corrected chi connectivity index (χ0v) is 8.93. The third kappa shape index (κ3) is 2.37. The molecule has 0 aliphatic heterocycles. The molecule has 1 aliphatic rings. The summed E-state index contributed by atoms with van der Waals surface area (Å²) in [4.78, 5) is -0.162. The summed E-state index contributed by atoms with van der Waals surface area (Å²) in [5.41, 5.74) is 0. The molecule has 0 aromatic carbocycles. The lowest BCUT2D eigenvalue weighted by molar-refractivity contribution is 0.0329. The van der Waals surface area contributed by atoms with Crippen molar-refractivity contribution < 1.29 is 5.11 Å². The number of aliphatic hydroxyl groups excluding tert-OH is 1. The highest BCUT2D eigenvalue weighted by Crippen LogP contribution is 2.39. The first-order valence-electron chi connectivity index (χ1n) is 4.79. The average molecular weight is 191 g/mol. The maximum atomic E-state index is 9.79. The van der Waals surface area contributed by atoms with Gasteiger partial charge in [0.05, 0.1) is 6.10 Å². The van der Waals surface area contributed by atoms with Gasteiger partial charge in [0.2, 0.25) is 0 Å². The summed E-state index contributed by atoms with van der Waals surface area (Å²) in [6.07, 6.45) is 2.66. The number of halogens is 1. The quantitative estimate of drug-likeness (QED) is 0.631. The number of aliphatic hydroxyl groups is 1. The van der Waals surface area contributed by atoms with Crippen LogP contribution in [0.5, 0.6) is 0 Å². The molecule has 0 saturated heterocycles. The van der Waals surface area contributed by atoms with Crippen molar-refractivity contribution in [1.82, 2.24) is 0 Å². The predicted molar refractivity (Wildman–Crippen MR) is 52.4 cm³/mol. The lowest BCUT2D eigenvalue weighted by Crippen LogP contribution is -2.38. The third-order valence-electron chi connectivity index (χ3n) is 2.98. The Morgan fingerprint density at radius 3 is 2.50 bits per heavy atom. The highest BCUT2D eigenvalue weighted by Gasteiger charge is 2.36. The SMILES string of the molecule is CC(C)C1CCC(C)(Cl)CC1O. The molecule has 0 aromatic rings. The lowest BCUT2D eigenvalue weighted by Gasteiger charge is -2.38. The Kier molecular flexibility index (Phi) is 3.06. The first-order chi connectivity index (χ1) is 5.42. The van der Waals surface area contributed by atoms with Crippen LogP contribution in [0.15, 0.2) is 0 Å². The van der Waals surface area contributed by atoms with Crippen LogP contribution >= 0.6 is 11.6 Å². The Labute approximate surface area is 80.1 Å². The van der Waals surface area contributed by atoms with E-state index in [9.17, 15) is 5.11 Å². The van der Waals surface area contributed by atoms with Gasteiger partial charge >= 0.3 is 0 Å². The molecule has 12 heavy (non-hydrogen) atoms. The summed E-state index contributed by atoms with van der Waals surface area (Å²) in [5.74, 6) is 1.03. The highest BCUT2D eigenvalue weighted by molar-refractivity contribution is 6.23. The summed E-state index contributed by atoms with van der Waals surface area (Å²) in [6.45, 7) is 6.36. The van der Waals surface area contributed by atoms with Gasteiger partial charge in [0.25, 0.3) is 0 Å². The highest BCUT2D eigenvalue weighted by atomic mass is 35.5. The van der Waals surface area contributed by atoms with Gasteiger partial charge in [-0.2, -0.15) is 0 Å². The maximum absolute atomic E-state index is 9.79. The normalized spacial score (nSPS) is 43.5. The van der Waals surface area contributed by atoms with Crippen molar-refractivity contribution in [2.24, 2.45) is 11.8 Å². The van der Waals surface area contributed by atoms with Crippen LogP contribution < -0.4 is 0 Å². The first-order valence-corrected chi connectivity index (χ1v) is 5.17. The molecule has 1 rings (SSSR count). The fourth-order valence-electron chi connectivity index (χ4n) is 2.13. The molecule has 0 radical (unpaired) electrons. The van der Waals surface area contributed by atoms with Gasteiger partial charge in [0.15, 0.2) is 0 Å². The van der Waals surface area contributed by atoms with Gasteiger partial charge in [0.1, 0.15) is 0 Å². The predicted octanol–water partition coefficient (Wildman–Crippen LogP) is 2.80. The van der Waals surface area contributed by atoms with E-state index < -0.39 is 0 Å². The molecule has 2 heteroatoms. The van der Waals surface area contributed by atoms with Crippen LogP contribution in [0.25, 0.3) is 0 Å². The van der Waals surface area contributed by atoms with E-state index in [-0.39, 0.29) is 11.0 Å². The third-order valence-corrected chi connectivity index (χ3v) is 3.33. The molecule has 0 spiro atoms. The minimum Gasteiger partial charge on any atom is -0.393 e. The van der Waals surface area contributed by atoms with Gasteiger partial charge in [0, 0.05) is 4.87 Å². The van der Waals surface area contributed by atoms with Crippen molar-refractivity contribution in [2.75, 3.05) is 0 Å². The van der Waals surface area contributed by atoms with Crippen molar-refractivity contribution in [3.05, 3.63) is 0 Å². The van der Waals surface area contributed by atoms with Crippen LogP contribution in [-0.2, 0) is 0 Å². The molecule has 1 saturated carbocycles. The lowest BCUT2D eigenvalue weighted by atomic mass is 9.75. The van der Waals surface area contributed by atoms with E-state index >= 15 is 0 Å². The van der Waals surface area contributed by atoms with E-state index in [0.717, 1.165) is 19.3 Å². The number of rotatable bonds is 1. The van der Waals surface area contributed by atoms with E-state index in [1.165, 1.54) is 0 Å². The van der Waals surface area contributed by atoms with Gasteiger partial charge in [-0.25, -0.2) is 0 Å². The van der Waals surface area contributed by atoms with Crippen molar-refractivity contribution in [2.45, 2.75) is 51.0 Å². The molecule has 0 heterocycles. The zero-order chi connectivity index (χ0) is 9.35. The Bertz CT molecular complexity index is 154. The van der Waals surface area contributed by atoms with Gasteiger partial charge in [-0.3, -0.25) is 0 Å². The molecule has 72 valence electrons. The average Bonchev–Trinajstić information content (AvgIpc) is 1.83. The molecular weight excluding hydrogens is 172 g/mol. The largest absolute Gasteiger partial charge is 0.393 e. The monoisotopic (exact) mass is 190 g/mol. The summed E-state index contributed by atoms with van der Waals surface area (Å²) in [7, 11) is 0. The molecule has 0 bridgehead atoms. The molecule has 0 amide bonds. The summed E-state index contributed by atoms with van der Waals surface area (Å²) < 4.78 is 0. The second-order valence-corrected chi connectivity index (χ2v) is 5.54. The van der Waals surface area contributed by atoms with Crippen LogP contribution in [-0.4, -0.2) is 16.1 Å². The standard InChI is InChI=1S/C10H19ClO/c1-7(2)8-4-5-10(3,11)6-9(8)12/h7-9,12H,4-6H2,1-3H3. The topological polar surface area (TPSA) is 20.2 Å². The Hall–Kier alpha value is 0.250. The maximum Gasteiger partial charge on any atom is 0.0587 e. The second kappa shape index (κ2) is 3.55. The van der Waals surface area contributed by atoms with E-state index in [1.807, 2.05) is 6.92 Å². The van der Waals surface area contributed by atoms with Gasteiger partial charge in [-0.15, -0.1) is 11.6 Å². The molecule has 3 unspecified atom stereocenters. The second-order valence-electron chi connectivity index (χ2n) is 4.63. The van der Waals surface area contributed by atoms with Crippen LogP contribution in [0.2, 0.25) is 0 Å². The Morgan fingerprint density at radius 2 is 2.08 bits per heavy atom. The van der Waals surface area contributed by atoms with Gasteiger partial charge in [-0.05, 0) is 38.0 Å². The smallest absolute Gasteiger partial charge is 0.0587 e. The number of hydrogen-bond donors (Lipinski definition) is 1. The van der Waals surface area contributed by atoms with Crippen LogP contribution in [0.3, 0.4) is 0 Å². The molecule has 1 nitrogen and oxygen atoms in total. The molecule has 3 atom stereocenters. The number of hydrogen-bond acceptors (Lipinski definition) is 1. The van der Waals surface area contributed by atoms with Gasteiger partial charge in [-0.1, -0.05) is 13.8 Å². The summed E-state index contributed by atoms with van der Waals surface area (Å²) in [5, 5.41) is 9.79. The molecule has 1 fully saturated rings. The Morgan fingerprint density at radius 1 is 1.50 bits per heavy atom. The van der Waals surface area contributed by atoms with Crippen molar-refractivity contribution in [3.63, 3.8) is 0 Å². The summed E-state index contributed by atoms with van der Waals surface area (Å²) in [6, 6.07) is 0. The van der Waals surface area contributed by atoms with Gasteiger partial charge < -0.3 is 5.11 Å². The molecule has 0 aromatic heterocycles. The van der Waals surface area contributed by atoms with E-state index in [4.69, 9.17) is 11.6 Å².